The van der Waals surface area contributed by atoms with Crippen LogP contribution >= 0.6 is 0 Å². The molecule has 0 aliphatic carbocycles. The number of rotatable bonds is 6. The Hall–Kier alpha value is -1.30. The Bertz CT molecular complexity index is 344. The fourth-order valence-corrected chi connectivity index (χ4v) is 1.79. The molecule has 0 heterocycles. The SMILES string of the molecule is C=C(C(=CCCC)CCC)c1ccccc1. The van der Waals surface area contributed by atoms with Crippen molar-refractivity contribution in [2.24, 2.45) is 0 Å². The lowest BCUT2D eigenvalue weighted by atomic mass is 9.95. The van der Waals surface area contributed by atoms with E-state index in [4.69, 9.17) is 0 Å². The molecule has 0 unspecified atom stereocenters. The summed E-state index contributed by atoms with van der Waals surface area (Å²) in [4.78, 5) is 0. The predicted octanol–water partition coefficient (Wildman–Crippen LogP) is 5.23. The standard InChI is InChI=1S/C16H22/c1-4-6-11-15(10-5-2)14(3)16-12-8-7-9-13-16/h7-9,11-13H,3-6,10H2,1-2H3. The Balaban J connectivity index is 2.83. The second-order valence-corrected chi connectivity index (χ2v) is 4.11. The Morgan fingerprint density at radius 1 is 1.12 bits per heavy atom. The molecule has 16 heavy (non-hydrogen) atoms. The van der Waals surface area contributed by atoms with Crippen LogP contribution in [0.25, 0.3) is 5.57 Å². The molecule has 0 N–H and O–H groups in total. The van der Waals surface area contributed by atoms with Gasteiger partial charge in [-0.2, -0.15) is 0 Å². The van der Waals surface area contributed by atoms with Crippen molar-refractivity contribution in [1.82, 2.24) is 0 Å². The number of allylic oxidation sites excluding steroid dienone is 3. The van der Waals surface area contributed by atoms with Gasteiger partial charge in [-0.1, -0.05) is 69.7 Å². The first kappa shape index (κ1) is 12.8. The molecule has 0 aliphatic heterocycles. The van der Waals surface area contributed by atoms with Crippen LogP contribution < -0.4 is 0 Å². The summed E-state index contributed by atoms with van der Waals surface area (Å²) in [5, 5.41) is 0. The topological polar surface area (TPSA) is 0 Å². The van der Waals surface area contributed by atoms with Gasteiger partial charge in [0.15, 0.2) is 0 Å². The van der Waals surface area contributed by atoms with Gasteiger partial charge in [-0.05, 0) is 29.6 Å². The maximum absolute atomic E-state index is 4.23. The molecule has 86 valence electrons. The molecule has 1 aromatic rings. The van der Waals surface area contributed by atoms with Gasteiger partial charge in [0.2, 0.25) is 0 Å². The minimum absolute atomic E-state index is 1.13. The summed E-state index contributed by atoms with van der Waals surface area (Å²) in [7, 11) is 0. The highest BCUT2D eigenvalue weighted by Crippen LogP contribution is 2.25. The second-order valence-electron chi connectivity index (χ2n) is 4.11. The molecule has 0 radical (unpaired) electrons. The molecule has 0 amide bonds. The zero-order chi connectivity index (χ0) is 11.8. The van der Waals surface area contributed by atoms with Gasteiger partial charge in [0.1, 0.15) is 0 Å². The lowest BCUT2D eigenvalue weighted by molar-refractivity contribution is 0.898. The average Bonchev–Trinajstić information content (AvgIpc) is 2.35. The fraction of sp³-hybridized carbons (Fsp3) is 0.375. The van der Waals surface area contributed by atoms with Crippen molar-refractivity contribution < 1.29 is 0 Å². The molecule has 0 aliphatic rings. The Morgan fingerprint density at radius 2 is 1.81 bits per heavy atom. The number of unbranched alkanes of at least 4 members (excludes halogenated alkanes) is 1. The van der Waals surface area contributed by atoms with E-state index in [-0.39, 0.29) is 0 Å². The second kappa shape index (κ2) is 7.05. The predicted molar refractivity (Wildman–Crippen MR) is 73.4 cm³/mol. The quantitative estimate of drug-likeness (QED) is 0.569. The molecule has 0 aromatic heterocycles. The fourth-order valence-electron chi connectivity index (χ4n) is 1.79. The lowest BCUT2D eigenvalue weighted by Crippen LogP contribution is -1.89. The van der Waals surface area contributed by atoms with Crippen LogP contribution in [0.4, 0.5) is 0 Å². The molecule has 0 bridgehead atoms. The molecule has 0 heteroatoms. The molecule has 0 atom stereocenters. The van der Waals surface area contributed by atoms with Crippen LogP contribution in [-0.2, 0) is 0 Å². The monoisotopic (exact) mass is 214 g/mol. The first-order chi connectivity index (χ1) is 7.79. The van der Waals surface area contributed by atoms with Gasteiger partial charge in [-0.15, -0.1) is 0 Å². The molecule has 0 saturated heterocycles. The van der Waals surface area contributed by atoms with Crippen molar-refractivity contribution in [2.45, 2.75) is 39.5 Å². The molecule has 0 spiro atoms. The van der Waals surface area contributed by atoms with Crippen molar-refractivity contribution in [3.8, 4) is 0 Å². The third-order valence-corrected chi connectivity index (χ3v) is 2.71. The molecule has 0 nitrogen and oxygen atoms in total. The van der Waals surface area contributed by atoms with E-state index in [1.807, 2.05) is 6.07 Å². The van der Waals surface area contributed by atoms with Crippen LogP contribution in [-0.4, -0.2) is 0 Å². The van der Waals surface area contributed by atoms with Crippen LogP contribution in [0.5, 0.6) is 0 Å². The maximum Gasteiger partial charge on any atom is -0.0187 e. The maximum atomic E-state index is 4.23. The summed E-state index contributed by atoms with van der Waals surface area (Å²) in [5.41, 5.74) is 3.85. The first-order valence-corrected chi connectivity index (χ1v) is 6.23. The third kappa shape index (κ3) is 3.69. The number of hydrogen-bond donors (Lipinski definition) is 0. The van der Waals surface area contributed by atoms with Gasteiger partial charge in [0, 0.05) is 0 Å². The summed E-state index contributed by atoms with van der Waals surface area (Å²) in [5.74, 6) is 0. The van der Waals surface area contributed by atoms with Gasteiger partial charge in [-0.3, -0.25) is 0 Å². The molecule has 1 aromatic carbocycles. The smallest absolute Gasteiger partial charge is 0.0187 e. The number of hydrogen-bond acceptors (Lipinski definition) is 0. The zero-order valence-corrected chi connectivity index (χ0v) is 10.5. The van der Waals surface area contributed by atoms with Crippen molar-refractivity contribution in [3.05, 3.63) is 54.1 Å². The van der Waals surface area contributed by atoms with Crippen LogP contribution in [0.2, 0.25) is 0 Å². The summed E-state index contributed by atoms with van der Waals surface area (Å²) in [6, 6.07) is 10.5. The van der Waals surface area contributed by atoms with E-state index in [9.17, 15) is 0 Å². The van der Waals surface area contributed by atoms with Crippen molar-refractivity contribution in [1.29, 1.82) is 0 Å². The third-order valence-electron chi connectivity index (χ3n) is 2.71. The van der Waals surface area contributed by atoms with E-state index >= 15 is 0 Å². The van der Waals surface area contributed by atoms with Crippen LogP contribution in [0.3, 0.4) is 0 Å². The van der Waals surface area contributed by atoms with E-state index in [0.29, 0.717) is 0 Å². The summed E-state index contributed by atoms with van der Waals surface area (Å²) < 4.78 is 0. The summed E-state index contributed by atoms with van der Waals surface area (Å²) >= 11 is 0. The Labute approximate surface area is 99.7 Å². The summed E-state index contributed by atoms with van der Waals surface area (Å²) in [6.07, 6.45) is 7.02. The van der Waals surface area contributed by atoms with Gasteiger partial charge in [0.25, 0.3) is 0 Å². The van der Waals surface area contributed by atoms with Gasteiger partial charge in [0.05, 0.1) is 0 Å². The van der Waals surface area contributed by atoms with Crippen molar-refractivity contribution in [2.75, 3.05) is 0 Å². The van der Waals surface area contributed by atoms with Gasteiger partial charge < -0.3 is 0 Å². The highest BCUT2D eigenvalue weighted by atomic mass is 14.1. The molecular formula is C16H22. The molecular weight excluding hydrogens is 192 g/mol. The zero-order valence-electron chi connectivity index (χ0n) is 10.5. The Kier molecular flexibility index (Phi) is 5.63. The van der Waals surface area contributed by atoms with Crippen LogP contribution in [0, 0.1) is 0 Å². The minimum Gasteiger partial charge on any atom is -0.0909 e. The lowest BCUT2D eigenvalue weighted by Gasteiger charge is -2.10. The van der Waals surface area contributed by atoms with E-state index in [1.54, 1.807) is 0 Å². The largest absolute Gasteiger partial charge is 0.0909 e. The van der Waals surface area contributed by atoms with E-state index < -0.39 is 0 Å². The average molecular weight is 214 g/mol. The first-order valence-electron chi connectivity index (χ1n) is 6.23. The van der Waals surface area contributed by atoms with E-state index in [0.717, 1.165) is 12.8 Å². The van der Waals surface area contributed by atoms with Gasteiger partial charge >= 0.3 is 0 Å². The summed E-state index contributed by atoms with van der Waals surface area (Å²) in [6.45, 7) is 8.66. The molecule has 0 saturated carbocycles. The van der Waals surface area contributed by atoms with Crippen molar-refractivity contribution >= 4 is 5.57 Å². The molecule has 1 rings (SSSR count). The Morgan fingerprint density at radius 3 is 2.38 bits per heavy atom. The highest BCUT2D eigenvalue weighted by Gasteiger charge is 2.03. The van der Waals surface area contributed by atoms with E-state index in [2.05, 4.69) is 50.8 Å². The number of benzene rings is 1. The highest BCUT2D eigenvalue weighted by molar-refractivity contribution is 5.77. The van der Waals surface area contributed by atoms with E-state index in [1.165, 1.54) is 29.6 Å². The van der Waals surface area contributed by atoms with Crippen LogP contribution in [0.1, 0.15) is 45.1 Å². The minimum atomic E-state index is 1.13. The van der Waals surface area contributed by atoms with Gasteiger partial charge in [-0.25, -0.2) is 0 Å². The normalized spacial score (nSPS) is 11.5. The van der Waals surface area contributed by atoms with Crippen molar-refractivity contribution in [3.63, 3.8) is 0 Å². The molecule has 0 fully saturated rings. The van der Waals surface area contributed by atoms with Crippen LogP contribution in [0.15, 0.2) is 48.6 Å².